The number of hydrogen-bond donors (Lipinski definition) is 2. The highest BCUT2D eigenvalue weighted by atomic mass is 32.2. The molecule has 0 aliphatic rings. The predicted octanol–water partition coefficient (Wildman–Crippen LogP) is 0.0796. The largest absolute Gasteiger partial charge is 0.351 e. The van der Waals surface area contributed by atoms with Gasteiger partial charge in [0, 0.05) is 18.4 Å². The monoisotopic (exact) mass is 294 g/mol. The van der Waals surface area contributed by atoms with E-state index < -0.39 is 9.84 Å². The second-order valence-electron chi connectivity index (χ2n) is 4.44. The standard InChI is InChI=1S/C14H18N2O3S/c1-11-5-6-13(12(10-11)4-3-7-15)14(17)16-8-9-20(2,18)19/h5-6,10H,7-9,15H2,1-2H3,(H,16,17). The topological polar surface area (TPSA) is 89.3 Å². The molecule has 0 saturated heterocycles. The van der Waals surface area contributed by atoms with E-state index in [1.54, 1.807) is 18.2 Å². The number of hydrogen-bond acceptors (Lipinski definition) is 4. The predicted molar refractivity (Wildman–Crippen MR) is 79.2 cm³/mol. The molecule has 1 aromatic rings. The van der Waals surface area contributed by atoms with Crippen LogP contribution < -0.4 is 11.1 Å². The minimum atomic E-state index is -3.09. The average molecular weight is 294 g/mol. The fourth-order valence-electron chi connectivity index (χ4n) is 1.55. The van der Waals surface area contributed by atoms with Crippen molar-refractivity contribution in [2.24, 2.45) is 5.73 Å². The van der Waals surface area contributed by atoms with E-state index in [1.165, 1.54) is 0 Å². The van der Waals surface area contributed by atoms with Crippen LogP contribution in [0.4, 0.5) is 0 Å². The molecule has 1 aromatic carbocycles. The molecule has 1 rings (SSSR count). The second kappa shape index (κ2) is 7.08. The number of nitrogens with two attached hydrogens (primary N) is 1. The van der Waals surface area contributed by atoms with Crippen LogP contribution in [0.5, 0.6) is 0 Å². The van der Waals surface area contributed by atoms with Crippen molar-refractivity contribution in [1.29, 1.82) is 0 Å². The first-order valence-electron chi connectivity index (χ1n) is 6.09. The summed E-state index contributed by atoms with van der Waals surface area (Å²) in [6.45, 7) is 2.19. The third kappa shape index (κ3) is 5.43. The smallest absolute Gasteiger partial charge is 0.252 e. The minimum absolute atomic E-state index is 0.0787. The van der Waals surface area contributed by atoms with Crippen molar-refractivity contribution < 1.29 is 13.2 Å². The number of nitrogens with one attached hydrogen (secondary N) is 1. The minimum Gasteiger partial charge on any atom is -0.351 e. The van der Waals surface area contributed by atoms with E-state index in [-0.39, 0.29) is 24.7 Å². The van der Waals surface area contributed by atoms with Gasteiger partial charge in [0.25, 0.3) is 5.91 Å². The Morgan fingerprint density at radius 3 is 2.70 bits per heavy atom. The lowest BCUT2D eigenvalue weighted by Gasteiger charge is -2.07. The van der Waals surface area contributed by atoms with Gasteiger partial charge in [-0.3, -0.25) is 4.79 Å². The number of carbonyl (C=O) groups excluding carboxylic acids is 1. The van der Waals surface area contributed by atoms with Crippen LogP contribution in [-0.4, -0.2) is 39.4 Å². The van der Waals surface area contributed by atoms with Gasteiger partial charge in [-0.2, -0.15) is 0 Å². The van der Waals surface area contributed by atoms with Crippen molar-refractivity contribution in [3.05, 3.63) is 34.9 Å². The molecular formula is C14H18N2O3S. The lowest BCUT2D eigenvalue weighted by molar-refractivity contribution is 0.0956. The van der Waals surface area contributed by atoms with E-state index in [0.717, 1.165) is 11.8 Å². The summed E-state index contributed by atoms with van der Waals surface area (Å²) < 4.78 is 22.0. The van der Waals surface area contributed by atoms with Gasteiger partial charge in [0.15, 0.2) is 0 Å². The molecule has 0 aliphatic carbocycles. The molecule has 20 heavy (non-hydrogen) atoms. The summed E-state index contributed by atoms with van der Waals surface area (Å²) >= 11 is 0. The molecule has 108 valence electrons. The van der Waals surface area contributed by atoms with Gasteiger partial charge in [0.1, 0.15) is 9.84 Å². The molecule has 1 amide bonds. The Balaban J connectivity index is 2.87. The highest BCUT2D eigenvalue weighted by Crippen LogP contribution is 2.10. The summed E-state index contributed by atoms with van der Waals surface area (Å²) in [4.78, 5) is 12.0. The summed E-state index contributed by atoms with van der Waals surface area (Å²) in [5.74, 6) is 5.13. The number of benzene rings is 1. The quantitative estimate of drug-likeness (QED) is 0.770. The van der Waals surface area contributed by atoms with Crippen molar-refractivity contribution in [2.45, 2.75) is 6.92 Å². The molecule has 0 unspecified atom stereocenters. The molecule has 0 radical (unpaired) electrons. The summed E-state index contributed by atoms with van der Waals surface area (Å²) in [5.41, 5.74) is 7.32. The Kier molecular flexibility index (Phi) is 5.74. The van der Waals surface area contributed by atoms with Crippen molar-refractivity contribution in [1.82, 2.24) is 5.32 Å². The normalized spacial score (nSPS) is 10.6. The van der Waals surface area contributed by atoms with E-state index in [0.29, 0.717) is 11.1 Å². The molecule has 3 N–H and O–H groups in total. The van der Waals surface area contributed by atoms with E-state index in [4.69, 9.17) is 5.73 Å². The first-order valence-corrected chi connectivity index (χ1v) is 8.15. The zero-order valence-corrected chi connectivity index (χ0v) is 12.4. The highest BCUT2D eigenvalue weighted by molar-refractivity contribution is 7.90. The van der Waals surface area contributed by atoms with Gasteiger partial charge in [0.05, 0.1) is 17.9 Å². The van der Waals surface area contributed by atoms with Crippen LogP contribution in [0.3, 0.4) is 0 Å². The van der Waals surface area contributed by atoms with Gasteiger partial charge in [-0.15, -0.1) is 0 Å². The molecule has 0 aliphatic heterocycles. The zero-order valence-electron chi connectivity index (χ0n) is 11.6. The summed E-state index contributed by atoms with van der Waals surface area (Å²) in [7, 11) is -3.09. The first-order chi connectivity index (χ1) is 9.33. The molecular weight excluding hydrogens is 276 g/mol. The maximum absolute atomic E-state index is 12.0. The second-order valence-corrected chi connectivity index (χ2v) is 6.70. The highest BCUT2D eigenvalue weighted by Gasteiger charge is 2.11. The van der Waals surface area contributed by atoms with Gasteiger partial charge in [-0.25, -0.2) is 8.42 Å². The van der Waals surface area contributed by atoms with Crippen LogP contribution in [-0.2, 0) is 9.84 Å². The number of rotatable bonds is 4. The van der Waals surface area contributed by atoms with E-state index in [1.807, 2.05) is 6.92 Å². The Labute approximate surface area is 119 Å². The van der Waals surface area contributed by atoms with Gasteiger partial charge in [-0.05, 0) is 24.6 Å². The van der Waals surface area contributed by atoms with Crippen LogP contribution in [0, 0.1) is 18.8 Å². The van der Waals surface area contributed by atoms with Gasteiger partial charge >= 0.3 is 0 Å². The van der Waals surface area contributed by atoms with E-state index in [9.17, 15) is 13.2 Å². The Bertz CT molecular complexity index is 655. The number of sulfone groups is 1. The molecule has 0 aromatic heterocycles. The lowest BCUT2D eigenvalue weighted by atomic mass is 10.0. The van der Waals surface area contributed by atoms with Crippen LogP contribution >= 0.6 is 0 Å². The Hall–Kier alpha value is -1.84. The average Bonchev–Trinajstić information content (AvgIpc) is 2.34. The third-order valence-electron chi connectivity index (χ3n) is 2.50. The Morgan fingerprint density at radius 2 is 2.10 bits per heavy atom. The summed E-state index contributed by atoms with van der Waals surface area (Å²) in [6.07, 6.45) is 1.13. The molecule has 0 heterocycles. The first kappa shape index (κ1) is 16.2. The molecule has 0 saturated carbocycles. The van der Waals surface area contributed by atoms with Crippen LogP contribution in [0.1, 0.15) is 21.5 Å². The molecule has 0 atom stereocenters. The van der Waals surface area contributed by atoms with Crippen LogP contribution in [0.15, 0.2) is 18.2 Å². The van der Waals surface area contributed by atoms with Gasteiger partial charge in [0.2, 0.25) is 0 Å². The molecule has 0 fully saturated rings. The number of carbonyl (C=O) groups is 1. The maximum Gasteiger partial charge on any atom is 0.252 e. The molecule has 0 bridgehead atoms. The Morgan fingerprint density at radius 1 is 1.40 bits per heavy atom. The van der Waals surface area contributed by atoms with Gasteiger partial charge in [-0.1, -0.05) is 17.9 Å². The van der Waals surface area contributed by atoms with Crippen molar-refractivity contribution >= 4 is 15.7 Å². The maximum atomic E-state index is 12.0. The van der Waals surface area contributed by atoms with Gasteiger partial charge < -0.3 is 11.1 Å². The fourth-order valence-corrected chi connectivity index (χ4v) is 2.02. The van der Waals surface area contributed by atoms with Crippen molar-refractivity contribution in [3.63, 3.8) is 0 Å². The van der Waals surface area contributed by atoms with Crippen LogP contribution in [0.2, 0.25) is 0 Å². The summed E-state index contributed by atoms with van der Waals surface area (Å²) in [6, 6.07) is 5.28. The number of aryl methyl sites for hydroxylation is 1. The summed E-state index contributed by atoms with van der Waals surface area (Å²) in [5, 5.41) is 2.57. The lowest BCUT2D eigenvalue weighted by Crippen LogP contribution is -2.29. The van der Waals surface area contributed by atoms with E-state index >= 15 is 0 Å². The third-order valence-corrected chi connectivity index (χ3v) is 3.45. The molecule has 6 heteroatoms. The molecule has 5 nitrogen and oxygen atoms in total. The van der Waals surface area contributed by atoms with Crippen molar-refractivity contribution in [2.75, 3.05) is 25.1 Å². The van der Waals surface area contributed by atoms with E-state index in [2.05, 4.69) is 17.2 Å². The van der Waals surface area contributed by atoms with Crippen molar-refractivity contribution in [3.8, 4) is 11.8 Å². The van der Waals surface area contributed by atoms with Crippen LogP contribution in [0.25, 0.3) is 0 Å². The SMILES string of the molecule is Cc1ccc(C(=O)NCCS(C)(=O)=O)c(C#CCN)c1. The fraction of sp³-hybridized carbons (Fsp3) is 0.357. The molecule has 0 spiro atoms. The zero-order chi connectivity index (χ0) is 15.2. The number of amides is 1.